The minimum absolute atomic E-state index is 0.0352. The number of nitrogens with one attached hydrogen (secondary N) is 1. The second kappa shape index (κ2) is 7.07. The Kier molecular flexibility index (Phi) is 5.73. The molecule has 0 spiro atoms. The Balaban J connectivity index is 2.97. The van der Waals surface area contributed by atoms with Gasteiger partial charge in [-0.2, -0.15) is 0 Å². The lowest BCUT2D eigenvalue weighted by atomic mass is 10.1. The van der Waals surface area contributed by atoms with Crippen molar-refractivity contribution in [3.63, 3.8) is 0 Å². The van der Waals surface area contributed by atoms with Crippen LogP contribution in [0.2, 0.25) is 0 Å². The van der Waals surface area contributed by atoms with Crippen LogP contribution in [0.3, 0.4) is 0 Å². The predicted molar refractivity (Wildman–Crippen MR) is 72.4 cm³/mol. The molecule has 1 rings (SSSR count). The van der Waals surface area contributed by atoms with Gasteiger partial charge in [0.2, 0.25) is 0 Å². The molecule has 0 fully saturated rings. The number of carbonyl (C=O) groups is 1. The van der Waals surface area contributed by atoms with Crippen LogP contribution in [0, 0.1) is 11.6 Å². The Bertz CT molecular complexity index is 426. The van der Waals surface area contributed by atoms with Crippen LogP contribution in [-0.4, -0.2) is 30.9 Å². The Hall–Kier alpha value is -1.65. The molecule has 0 aromatic heterocycles. The van der Waals surface area contributed by atoms with E-state index in [0.717, 1.165) is 25.0 Å². The molecule has 0 radical (unpaired) electrons. The van der Waals surface area contributed by atoms with Gasteiger partial charge in [-0.25, -0.2) is 8.78 Å². The molecule has 1 aromatic rings. The SMILES string of the molecule is CCCNc1c(F)cc(C(=O)N(C)CCC)cc1F. The topological polar surface area (TPSA) is 32.3 Å². The highest BCUT2D eigenvalue weighted by atomic mass is 19.1. The molecule has 0 saturated heterocycles. The predicted octanol–water partition coefficient (Wildman–Crippen LogP) is 3.27. The first kappa shape index (κ1) is 15.4. The van der Waals surface area contributed by atoms with Crippen LogP contribution in [-0.2, 0) is 0 Å². The van der Waals surface area contributed by atoms with Crippen LogP contribution in [0.5, 0.6) is 0 Å². The van der Waals surface area contributed by atoms with Crippen molar-refractivity contribution in [1.82, 2.24) is 4.90 Å². The fourth-order valence-corrected chi connectivity index (χ4v) is 1.77. The van der Waals surface area contributed by atoms with E-state index in [9.17, 15) is 13.6 Å². The maximum absolute atomic E-state index is 13.8. The summed E-state index contributed by atoms with van der Waals surface area (Å²) >= 11 is 0. The summed E-state index contributed by atoms with van der Waals surface area (Å²) in [4.78, 5) is 13.4. The first-order chi connectivity index (χ1) is 9.01. The molecule has 0 aliphatic heterocycles. The van der Waals surface area contributed by atoms with E-state index in [1.54, 1.807) is 7.05 Å². The van der Waals surface area contributed by atoms with Crippen LogP contribution < -0.4 is 5.32 Å². The van der Waals surface area contributed by atoms with Gasteiger partial charge < -0.3 is 10.2 Å². The van der Waals surface area contributed by atoms with E-state index in [4.69, 9.17) is 0 Å². The third kappa shape index (κ3) is 3.91. The highest BCUT2D eigenvalue weighted by Crippen LogP contribution is 2.21. The normalized spacial score (nSPS) is 10.4. The number of halogens is 2. The summed E-state index contributed by atoms with van der Waals surface area (Å²) in [6, 6.07) is 2.16. The Morgan fingerprint density at radius 1 is 1.21 bits per heavy atom. The van der Waals surface area contributed by atoms with Crippen molar-refractivity contribution in [2.45, 2.75) is 26.7 Å². The fraction of sp³-hybridized carbons (Fsp3) is 0.500. The quantitative estimate of drug-likeness (QED) is 0.860. The second-order valence-corrected chi connectivity index (χ2v) is 4.47. The highest BCUT2D eigenvalue weighted by Gasteiger charge is 2.17. The average Bonchev–Trinajstić information content (AvgIpc) is 2.37. The van der Waals surface area contributed by atoms with Gasteiger partial charge in [-0.1, -0.05) is 13.8 Å². The molecule has 0 saturated carbocycles. The number of amides is 1. The molecule has 0 aliphatic rings. The molecule has 0 bridgehead atoms. The third-order valence-corrected chi connectivity index (χ3v) is 2.75. The van der Waals surface area contributed by atoms with Crippen molar-refractivity contribution < 1.29 is 13.6 Å². The fourth-order valence-electron chi connectivity index (χ4n) is 1.77. The van der Waals surface area contributed by atoms with E-state index in [1.165, 1.54) is 4.90 Å². The smallest absolute Gasteiger partial charge is 0.253 e. The number of rotatable bonds is 6. The van der Waals surface area contributed by atoms with Crippen molar-refractivity contribution in [2.24, 2.45) is 0 Å². The number of carbonyl (C=O) groups excluding carboxylic acids is 1. The summed E-state index contributed by atoms with van der Waals surface area (Å²) < 4.78 is 27.5. The van der Waals surface area contributed by atoms with E-state index in [1.807, 2.05) is 13.8 Å². The van der Waals surface area contributed by atoms with Crippen molar-refractivity contribution in [1.29, 1.82) is 0 Å². The van der Waals surface area contributed by atoms with E-state index in [2.05, 4.69) is 5.32 Å². The van der Waals surface area contributed by atoms with Gasteiger partial charge in [0.15, 0.2) is 0 Å². The lowest BCUT2D eigenvalue weighted by Crippen LogP contribution is -2.27. The summed E-state index contributed by atoms with van der Waals surface area (Å²) in [5.41, 5.74) is -0.135. The minimum Gasteiger partial charge on any atom is -0.380 e. The number of nitrogens with zero attached hydrogens (tertiary/aromatic N) is 1. The lowest BCUT2D eigenvalue weighted by molar-refractivity contribution is 0.0794. The molecule has 1 aromatic carbocycles. The van der Waals surface area contributed by atoms with Gasteiger partial charge in [-0.15, -0.1) is 0 Å². The molecule has 19 heavy (non-hydrogen) atoms. The second-order valence-electron chi connectivity index (χ2n) is 4.47. The van der Waals surface area contributed by atoms with Gasteiger partial charge in [0.25, 0.3) is 5.91 Å². The van der Waals surface area contributed by atoms with Gasteiger partial charge >= 0.3 is 0 Å². The summed E-state index contributed by atoms with van der Waals surface area (Å²) in [6.45, 7) is 4.87. The standard InChI is InChI=1S/C14H20F2N2O/c1-4-6-17-13-11(15)8-10(9-12(13)16)14(19)18(3)7-5-2/h8-9,17H,4-7H2,1-3H3. The van der Waals surface area contributed by atoms with Crippen LogP contribution in [0.4, 0.5) is 14.5 Å². The van der Waals surface area contributed by atoms with E-state index in [0.29, 0.717) is 13.1 Å². The monoisotopic (exact) mass is 270 g/mol. The highest BCUT2D eigenvalue weighted by molar-refractivity contribution is 5.94. The van der Waals surface area contributed by atoms with Gasteiger partial charge in [-0.3, -0.25) is 4.79 Å². The Morgan fingerprint density at radius 3 is 2.26 bits per heavy atom. The van der Waals surface area contributed by atoms with E-state index in [-0.39, 0.29) is 17.2 Å². The molecule has 5 heteroatoms. The summed E-state index contributed by atoms with van der Waals surface area (Å²) in [6.07, 6.45) is 1.56. The van der Waals surface area contributed by atoms with Crippen LogP contribution in [0.25, 0.3) is 0 Å². The Morgan fingerprint density at radius 2 is 1.79 bits per heavy atom. The zero-order chi connectivity index (χ0) is 14.4. The van der Waals surface area contributed by atoms with Crippen LogP contribution in [0.15, 0.2) is 12.1 Å². The number of benzene rings is 1. The lowest BCUT2D eigenvalue weighted by Gasteiger charge is -2.17. The van der Waals surface area contributed by atoms with Crippen molar-refractivity contribution in [3.8, 4) is 0 Å². The molecular weight excluding hydrogens is 250 g/mol. The molecule has 1 N–H and O–H groups in total. The molecule has 0 aliphatic carbocycles. The van der Waals surface area contributed by atoms with Gasteiger partial charge in [-0.05, 0) is 25.0 Å². The first-order valence-electron chi connectivity index (χ1n) is 6.49. The number of hydrogen-bond donors (Lipinski definition) is 1. The number of anilines is 1. The molecule has 0 atom stereocenters. The third-order valence-electron chi connectivity index (χ3n) is 2.75. The van der Waals surface area contributed by atoms with Crippen molar-refractivity contribution in [2.75, 3.05) is 25.5 Å². The summed E-state index contributed by atoms with van der Waals surface area (Å²) in [5, 5.41) is 2.68. The first-order valence-corrected chi connectivity index (χ1v) is 6.49. The zero-order valence-corrected chi connectivity index (χ0v) is 11.6. The summed E-state index contributed by atoms with van der Waals surface area (Å²) in [5.74, 6) is -1.84. The molecule has 106 valence electrons. The van der Waals surface area contributed by atoms with Crippen LogP contribution >= 0.6 is 0 Å². The molecule has 3 nitrogen and oxygen atoms in total. The van der Waals surface area contributed by atoms with Gasteiger partial charge in [0.05, 0.1) is 0 Å². The van der Waals surface area contributed by atoms with Crippen LogP contribution in [0.1, 0.15) is 37.0 Å². The molecule has 1 amide bonds. The molecular formula is C14H20F2N2O. The molecule has 0 heterocycles. The van der Waals surface area contributed by atoms with E-state index < -0.39 is 11.6 Å². The Labute approximate surface area is 112 Å². The average molecular weight is 270 g/mol. The van der Waals surface area contributed by atoms with Gasteiger partial charge in [0, 0.05) is 25.7 Å². The number of hydrogen-bond acceptors (Lipinski definition) is 2. The largest absolute Gasteiger partial charge is 0.380 e. The minimum atomic E-state index is -0.735. The van der Waals surface area contributed by atoms with Gasteiger partial charge in [0.1, 0.15) is 17.3 Å². The maximum Gasteiger partial charge on any atom is 0.253 e. The van der Waals surface area contributed by atoms with Crippen molar-refractivity contribution in [3.05, 3.63) is 29.3 Å². The molecule has 0 unspecified atom stereocenters. The zero-order valence-electron chi connectivity index (χ0n) is 11.6. The maximum atomic E-state index is 13.8. The summed E-state index contributed by atoms with van der Waals surface area (Å²) in [7, 11) is 1.62. The van der Waals surface area contributed by atoms with E-state index >= 15 is 0 Å². The van der Waals surface area contributed by atoms with Crippen molar-refractivity contribution >= 4 is 11.6 Å².